The smallest absolute Gasteiger partial charge is 0.226 e. The number of hydrogen-bond donors (Lipinski definition) is 2. The Bertz CT molecular complexity index is 1380. The maximum atomic E-state index is 12.3. The molecule has 0 aliphatic carbocycles. The normalized spacial score (nSPS) is 11.4. The van der Waals surface area contributed by atoms with E-state index in [4.69, 9.17) is 4.74 Å². The molecule has 150 valence electrons. The van der Waals surface area contributed by atoms with Gasteiger partial charge in [0, 0.05) is 23.1 Å². The second kappa shape index (κ2) is 7.88. The number of anilines is 1. The molecule has 3 heterocycles. The molecule has 0 atom stereocenters. The number of methoxy groups -OCH3 is 1. The predicted molar refractivity (Wildman–Crippen MR) is 119 cm³/mol. The molecule has 10 heteroatoms. The van der Waals surface area contributed by atoms with Crippen molar-refractivity contribution in [2.24, 2.45) is 0 Å². The average molecular weight is 437 g/mol. The van der Waals surface area contributed by atoms with Gasteiger partial charge in [-0.2, -0.15) is 0 Å². The zero-order valence-electron chi connectivity index (χ0n) is 15.9. The number of aromatic amines is 1. The van der Waals surface area contributed by atoms with E-state index in [1.165, 1.54) is 23.1 Å². The van der Waals surface area contributed by atoms with Gasteiger partial charge in [0.2, 0.25) is 11.1 Å². The molecule has 0 bridgehead atoms. The number of H-pyrrole nitrogens is 1. The fourth-order valence-electron chi connectivity index (χ4n) is 3.07. The van der Waals surface area contributed by atoms with Crippen molar-refractivity contribution in [2.45, 2.75) is 11.6 Å². The van der Waals surface area contributed by atoms with Gasteiger partial charge in [-0.05, 0) is 24.3 Å². The highest BCUT2D eigenvalue weighted by atomic mass is 32.2. The molecular weight excluding hydrogens is 420 g/mol. The molecule has 0 saturated carbocycles. The second-order valence-corrected chi connectivity index (χ2v) is 8.55. The van der Waals surface area contributed by atoms with E-state index in [0.717, 1.165) is 32.4 Å². The SMILES string of the molecule is COc1ccc2nc(NC(=O)CCSc3nnc4c(n3)[nH]c3ccccc34)sc2c1. The van der Waals surface area contributed by atoms with Crippen LogP contribution in [0.15, 0.2) is 47.6 Å². The molecule has 2 N–H and O–H groups in total. The molecule has 3 aromatic heterocycles. The number of aromatic nitrogens is 5. The Balaban J connectivity index is 1.21. The summed E-state index contributed by atoms with van der Waals surface area (Å²) in [4.78, 5) is 24.5. The molecule has 0 radical (unpaired) electrons. The minimum Gasteiger partial charge on any atom is -0.497 e. The van der Waals surface area contributed by atoms with Crippen molar-refractivity contribution < 1.29 is 9.53 Å². The number of para-hydroxylation sites is 1. The zero-order valence-corrected chi connectivity index (χ0v) is 17.5. The average Bonchev–Trinajstić information content (AvgIpc) is 3.32. The van der Waals surface area contributed by atoms with Gasteiger partial charge < -0.3 is 15.0 Å². The summed E-state index contributed by atoms with van der Waals surface area (Å²) in [7, 11) is 1.62. The Morgan fingerprint density at radius 2 is 2.10 bits per heavy atom. The van der Waals surface area contributed by atoms with E-state index in [0.29, 0.717) is 28.1 Å². The van der Waals surface area contributed by atoms with Crippen LogP contribution in [0.4, 0.5) is 5.13 Å². The maximum absolute atomic E-state index is 12.3. The molecule has 8 nitrogen and oxygen atoms in total. The highest BCUT2D eigenvalue weighted by Gasteiger charge is 2.11. The third-order valence-electron chi connectivity index (χ3n) is 4.50. The number of thiazole rings is 1. The van der Waals surface area contributed by atoms with Crippen LogP contribution in [0.1, 0.15) is 6.42 Å². The maximum Gasteiger partial charge on any atom is 0.226 e. The number of hydrogen-bond acceptors (Lipinski definition) is 8. The number of amides is 1. The number of carbonyl (C=O) groups is 1. The predicted octanol–water partition coefficient (Wildman–Crippen LogP) is 4.25. The van der Waals surface area contributed by atoms with Gasteiger partial charge in [-0.25, -0.2) is 9.97 Å². The topological polar surface area (TPSA) is 106 Å². The molecule has 5 aromatic rings. The minimum absolute atomic E-state index is 0.104. The first-order valence-corrected chi connectivity index (χ1v) is 11.0. The summed E-state index contributed by atoms with van der Waals surface area (Å²) >= 11 is 2.81. The second-order valence-electron chi connectivity index (χ2n) is 6.46. The molecule has 0 fully saturated rings. The standard InChI is InChI=1S/C20H16N6O2S2/c1-28-11-6-7-14-15(10-11)30-19(22-14)23-16(27)8-9-29-20-24-18-17(25-26-20)12-4-2-3-5-13(12)21-18/h2-7,10H,8-9H2,1H3,(H,21,24,26)(H,22,23,27). The summed E-state index contributed by atoms with van der Waals surface area (Å²) in [6.45, 7) is 0. The number of rotatable bonds is 6. The number of thioether (sulfide) groups is 1. The van der Waals surface area contributed by atoms with Gasteiger partial charge in [0.25, 0.3) is 0 Å². The van der Waals surface area contributed by atoms with Gasteiger partial charge in [0.1, 0.15) is 11.3 Å². The highest BCUT2D eigenvalue weighted by Crippen LogP contribution is 2.29. The quantitative estimate of drug-likeness (QED) is 0.383. The van der Waals surface area contributed by atoms with E-state index >= 15 is 0 Å². The van der Waals surface area contributed by atoms with Crippen molar-refractivity contribution in [3.63, 3.8) is 0 Å². The first-order chi connectivity index (χ1) is 14.7. The van der Waals surface area contributed by atoms with Crippen LogP contribution in [0.3, 0.4) is 0 Å². The summed E-state index contributed by atoms with van der Waals surface area (Å²) in [5.41, 5.74) is 3.25. The van der Waals surface area contributed by atoms with Crippen LogP contribution in [-0.2, 0) is 4.79 Å². The molecule has 0 unspecified atom stereocenters. The molecule has 0 spiro atoms. The van der Waals surface area contributed by atoms with Crippen molar-refractivity contribution in [1.29, 1.82) is 0 Å². The van der Waals surface area contributed by atoms with Crippen molar-refractivity contribution in [1.82, 2.24) is 25.1 Å². The van der Waals surface area contributed by atoms with Gasteiger partial charge in [0.05, 0.1) is 17.3 Å². The fourth-order valence-corrected chi connectivity index (χ4v) is 4.70. The van der Waals surface area contributed by atoms with Crippen LogP contribution < -0.4 is 10.1 Å². The number of carbonyl (C=O) groups excluding carboxylic acids is 1. The van der Waals surface area contributed by atoms with E-state index in [-0.39, 0.29) is 5.91 Å². The number of benzene rings is 2. The van der Waals surface area contributed by atoms with Gasteiger partial charge in [-0.1, -0.05) is 41.3 Å². The van der Waals surface area contributed by atoms with E-state index < -0.39 is 0 Å². The Morgan fingerprint density at radius 3 is 3.00 bits per heavy atom. The summed E-state index contributed by atoms with van der Waals surface area (Å²) in [6, 6.07) is 13.5. The first kappa shape index (κ1) is 18.8. The van der Waals surface area contributed by atoms with Crippen LogP contribution in [0.2, 0.25) is 0 Å². The molecule has 0 saturated heterocycles. The summed E-state index contributed by atoms with van der Waals surface area (Å²) in [5.74, 6) is 1.20. The van der Waals surface area contributed by atoms with Crippen molar-refractivity contribution in [2.75, 3.05) is 18.2 Å². The molecule has 0 aliphatic rings. The zero-order chi connectivity index (χ0) is 20.5. The summed E-state index contributed by atoms with van der Waals surface area (Å²) < 4.78 is 6.18. The summed E-state index contributed by atoms with van der Waals surface area (Å²) in [6.07, 6.45) is 0.317. The lowest BCUT2D eigenvalue weighted by molar-refractivity contribution is -0.115. The number of nitrogens with zero attached hydrogens (tertiary/aromatic N) is 4. The van der Waals surface area contributed by atoms with Crippen molar-refractivity contribution >= 4 is 66.4 Å². The number of nitrogens with one attached hydrogen (secondary N) is 2. The van der Waals surface area contributed by atoms with E-state index in [1.807, 2.05) is 42.5 Å². The van der Waals surface area contributed by atoms with Crippen LogP contribution in [0.5, 0.6) is 5.75 Å². The largest absolute Gasteiger partial charge is 0.497 e. The first-order valence-electron chi connectivity index (χ1n) is 9.18. The highest BCUT2D eigenvalue weighted by molar-refractivity contribution is 7.99. The van der Waals surface area contributed by atoms with Crippen LogP contribution in [0.25, 0.3) is 32.3 Å². The number of fused-ring (bicyclic) bond motifs is 4. The van der Waals surface area contributed by atoms with Gasteiger partial charge in [-0.15, -0.1) is 10.2 Å². The van der Waals surface area contributed by atoms with Gasteiger partial charge >= 0.3 is 0 Å². The number of ether oxygens (including phenoxy) is 1. The lowest BCUT2D eigenvalue weighted by Gasteiger charge is -2.01. The fraction of sp³-hybridized carbons (Fsp3) is 0.150. The molecule has 5 rings (SSSR count). The van der Waals surface area contributed by atoms with Crippen LogP contribution >= 0.6 is 23.1 Å². The van der Waals surface area contributed by atoms with Crippen molar-refractivity contribution in [3.05, 3.63) is 42.5 Å². The lowest BCUT2D eigenvalue weighted by atomic mass is 10.2. The van der Waals surface area contributed by atoms with Crippen molar-refractivity contribution in [3.8, 4) is 5.75 Å². The lowest BCUT2D eigenvalue weighted by Crippen LogP contribution is -2.12. The summed E-state index contributed by atoms with van der Waals surface area (Å²) in [5, 5.41) is 13.4. The Labute approximate surface area is 179 Å². The van der Waals surface area contributed by atoms with E-state index in [1.54, 1.807) is 7.11 Å². The third kappa shape index (κ3) is 3.66. The monoisotopic (exact) mass is 436 g/mol. The Hall–Kier alpha value is -3.24. The van der Waals surface area contributed by atoms with Gasteiger partial charge in [-0.3, -0.25) is 4.79 Å². The third-order valence-corrected chi connectivity index (χ3v) is 6.28. The Morgan fingerprint density at radius 1 is 1.20 bits per heavy atom. The van der Waals surface area contributed by atoms with E-state index in [2.05, 4.69) is 30.5 Å². The van der Waals surface area contributed by atoms with Gasteiger partial charge in [0.15, 0.2) is 10.8 Å². The Kier molecular flexibility index (Phi) is 4.93. The molecule has 1 amide bonds. The molecule has 30 heavy (non-hydrogen) atoms. The molecular formula is C20H16N6O2S2. The molecule has 2 aromatic carbocycles. The van der Waals surface area contributed by atoms with Crippen LogP contribution in [0, 0.1) is 0 Å². The van der Waals surface area contributed by atoms with Crippen LogP contribution in [-0.4, -0.2) is 43.9 Å². The molecule has 0 aliphatic heterocycles. The van der Waals surface area contributed by atoms with E-state index in [9.17, 15) is 4.79 Å². The minimum atomic E-state index is -0.104.